The summed E-state index contributed by atoms with van der Waals surface area (Å²) in [6, 6.07) is 14.7. The summed E-state index contributed by atoms with van der Waals surface area (Å²) < 4.78 is 5.37. The number of urea groups is 1. The van der Waals surface area contributed by atoms with E-state index in [0.29, 0.717) is 82.4 Å². The summed E-state index contributed by atoms with van der Waals surface area (Å²) in [5, 5.41) is 6.38. The van der Waals surface area contributed by atoms with Crippen LogP contribution in [0.5, 0.6) is 0 Å². The van der Waals surface area contributed by atoms with Crippen molar-refractivity contribution in [2.24, 2.45) is 0 Å². The number of hydrogen-bond donors (Lipinski definition) is 2. The molecule has 10 nitrogen and oxygen atoms in total. The molecule has 0 radical (unpaired) electrons. The Morgan fingerprint density at radius 2 is 1.47 bits per heavy atom. The van der Waals surface area contributed by atoms with Crippen LogP contribution in [0.15, 0.2) is 48.5 Å². The molecule has 2 aromatic carbocycles. The predicted octanol–water partition coefficient (Wildman–Crippen LogP) is 1.95. The molecular formula is C28H36N6O4. The number of hydrogen-bond acceptors (Lipinski definition) is 6. The van der Waals surface area contributed by atoms with Gasteiger partial charge in [-0.3, -0.25) is 9.59 Å². The van der Waals surface area contributed by atoms with Crippen LogP contribution in [0.1, 0.15) is 27.1 Å². The Morgan fingerprint density at radius 1 is 0.737 bits per heavy atom. The first-order valence-electron chi connectivity index (χ1n) is 13.5. The second kappa shape index (κ2) is 12.3. The summed E-state index contributed by atoms with van der Waals surface area (Å²) >= 11 is 0. The molecule has 0 saturated carbocycles. The molecule has 38 heavy (non-hydrogen) atoms. The van der Waals surface area contributed by atoms with Crippen LogP contribution in [0.4, 0.5) is 16.2 Å². The number of ether oxygens (including phenoxy) is 1. The molecule has 2 aromatic rings. The molecule has 2 N–H and O–H groups in total. The van der Waals surface area contributed by atoms with Gasteiger partial charge in [0, 0.05) is 70.0 Å². The number of carbonyl (C=O) groups excluding carboxylic acids is 3. The lowest BCUT2D eigenvalue weighted by Crippen LogP contribution is -2.54. The summed E-state index contributed by atoms with van der Waals surface area (Å²) in [6.45, 7) is 7.89. The van der Waals surface area contributed by atoms with Gasteiger partial charge >= 0.3 is 6.03 Å². The van der Waals surface area contributed by atoms with E-state index in [1.165, 1.54) is 0 Å². The van der Waals surface area contributed by atoms with Crippen LogP contribution in [0.2, 0.25) is 0 Å². The molecule has 0 aromatic heterocycles. The molecule has 0 unspecified atom stereocenters. The third kappa shape index (κ3) is 6.08. The first kappa shape index (κ1) is 26.0. The van der Waals surface area contributed by atoms with E-state index in [4.69, 9.17) is 4.74 Å². The van der Waals surface area contributed by atoms with Crippen LogP contribution in [0, 0.1) is 0 Å². The van der Waals surface area contributed by atoms with E-state index in [2.05, 4.69) is 15.5 Å². The van der Waals surface area contributed by atoms with Gasteiger partial charge in [0.05, 0.1) is 24.6 Å². The summed E-state index contributed by atoms with van der Waals surface area (Å²) in [6.07, 6.45) is 0.912. The van der Waals surface area contributed by atoms with Crippen molar-refractivity contribution in [1.29, 1.82) is 0 Å². The Hall–Kier alpha value is -3.63. The molecule has 0 spiro atoms. The molecule has 0 atom stereocenters. The van der Waals surface area contributed by atoms with E-state index in [1.807, 2.05) is 45.0 Å². The van der Waals surface area contributed by atoms with Gasteiger partial charge in [0.2, 0.25) is 0 Å². The predicted molar refractivity (Wildman–Crippen MR) is 146 cm³/mol. The van der Waals surface area contributed by atoms with Crippen molar-refractivity contribution in [3.63, 3.8) is 0 Å². The topological polar surface area (TPSA) is 97.5 Å². The van der Waals surface area contributed by atoms with Crippen molar-refractivity contribution in [3.05, 3.63) is 59.7 Å². The van der Waals surface area contributed by atoms with E-state index in [0.717, 1.165) is 25.2 Å². The highest BCUT2D eigenvalue weighted by Gasteiger charge is 2.28. The number of piperazine rings is 1. The van der Waals surface area contributed by atoms with Gasteiger partial charge in [0.25, 0.3) is 11.8 Å². The summed E-state index contributed by atoms with van der Waals surface area (Å²) in [5.74, 6) is -0.257. The van der Waals surface area contributed by atoms with Crippen LogP contribution < -0.4 is 15.5 Å². The highest BCUT2D eigenvalue weighted by atomic mass is 16.5. The van der Waals surface area contributed by atoms with Gasteiger partial charge in [-0.05, 0) is 43.3 Å². The third-order valence-electron chi connectivity index (χ3n) is 7.33. The third-order valence-corrected chi connectivity index (χ3v) is 7.33. The van der Waals surface area contributed by atoms with Crippen molar-refractivity contribution in [2.75, 3.05) is 88.9 Å². The van der Waals surface area contributed by atoms with E-state index < -0.39 is 0 Å². The van der Waals surface area contributed by atoms with Gasteiger partial charge in [-0.2, -0.15) is 0 Å². The Balaban J connectivity index is 1.34. The Labute approximate surface area is 223 Å². The monoisotopic (exact) mass is 520 g/mol. The van der Waals surface area contributed by atoms with Crippen LogP contribution in [-0.4, -0.2) is 111 Å². The minimum absolute atomic E-state index is 0.0311. The van der Waals surface area contributed by atoms with Crippen molar-refractivity contribution >= 4 is 29.2 Å². The number of anilines is 2. The first-order chi connectivity index (χ1) is 18.6. The highest BCUT2D eigenvalue weighted by Crippen LogP contribution is 2.30. The standard InChI is InChI=1S/C28H36N6O4/c35-26(22-5-2-1-3-6-22)30-24-21-23(27(36)32-11-4-9-29-10-12-32)7-8-25(24)31-13-15-33(16-14-31)28(37)34-17-19-38-20-18-34/h1-3,5-8,21,29H,4,9-20H2,(H,30,35). The molecule has 10 heteroatoms. The molecule has 3 heterocycles. The molecular weight excluding hydrogens is 484 g/mol. The summed E-state index contributed by atoms with van der Waals surface area (Å²) in [4.78, 5) is 47.1. The average Bonchev–Trinajstić information content (AvgIpc) is 3.27. The normalized spacial score (nSPS) is 18.6. The van der Waals surface area contributed by atoms with Gasteiger partial charge < -0.3 is 35.0 Å². The van der Waals surface area contributed by atoms with E-state index in [9.17, 15) is 14.4 Å². The second-order valence-electron chi connectivity index (χ2n) is 9.80. The number of carbonyl (C=O) groups is 3. The molecule has 0 bridgehead atoms. The van der Waals surface area contributed by atoms with Gasteiger partial charge in [-0.1, -0.05) is 18.2 Å². The maximum Gasteiger partial charge on any atom is 0.320 e. The lowest BCUT2D eigenvalue weighted by atomic mass is 10.1. The van der Waals surface area contributed by atoms with Crippen molar-refractivity contribution in [3.8, 4) is 0 Å². The van der Waals surface area contributed by atoms with E-state index in [1.54, 1.807) is 18.2 Å². The van der Waals surface area contributed by atoms with Crippen molar-refractivity contribution in [2.45, 2.75) is 6.42 Å². The SMILES string of the molecule is O=C(Nc1cc(C(=O)N2CCCNCC2)ccc1N1CCN(C(=O)N2CCOCC2)CC1)c1ccccc1. The van der Waals surface area contributed by atoms with Crippen LogP contribution >= 0.6 is 0 Å². The molecule has 202 valence electrons. The fraction of sp³-hybridized carbons (Fsp3) is 0.464. The van der Waals surface area contributed by atoms with Crippen molar-refractivity contribution < 1.29 is 19.1 Å². The van der Waals surface area contributed by atoms with Crippen LogP contribution in [-0.2, 0) is 4.74 Å². The number of nitrogens with zero attached hydrogens (tertiary/aromatic N) is 4. The fourth-order valence-corrected chi connectivity index (χ4v) is 5.15. The lowest BCUT2D eigenvalue weighted by Gasteiger charge is -2.39. The maximum atomic E-state index is 13.3. The molecule has 3 aliphatic rings. The molecule has 3 aliphatic heterocycles. The number of nitrogens with one attached hydrogen (secondary N) is 2. The number of morpholine rings is 1. The zero-order valence-corrected chi connectivity index (χ0v) is 21.7. The fourth-order valence-electron chi connectivity index (χ4n) is 5.15. The maximum absolute atomic E-state index is 13.3. The number of benzene rings is 2. The van der Waals surface area contributed by atoms with E-state index in [-0.39, 0.29) is 17.8 Å². The van der Waals surface area contributed by atoms with Gasteiger partial charge in [-0.25, -0.2) is 4.79 Å². The minimum Gasteiger partial charge on any atom is -0.378 e. The number of amides is 4. The summed E-state index contributed by atoms with van der Waals surface area (Å²) in [7, 11) is 0. The quantitative estimate of drug-likeness (QED) is 0.640. The molecule has 5 rings (SSSR count). The van der Waals surface area contributed by atoms with Crippen LogP contribution in [0.3, 0.4) is 0 Å². The Kier molecular flexibility index (Phi) is 8.40. The lowest BCUT2D eigenvalue weighted by molar-refractivity contribution is 0.0428. The second-order valence-corrected chi connectivity index (χ2v) is 9.80. The smallest absolute Gasteiger partial charge is 0.320 e. The first-order valence-corrected chi connectivity index (χ1v) is 13.5. The average molecular weight is 521 g/mol. The Morgan fingerprint density at radius 3 is 2.24 bits per heavy atom. The number of rotatable bonds is 4. The molecule has 0 aliphatic carbocycles. The molecule has 3 saturated heterocycles. The zero-order chi connectivity index (χ0) is 26.3. The minimum atomic E-state index is -0.225. The zero-order valence-electron chi connectivity index (χ0n) is 21.7. The largest absolute Gasteiger partial charge is 0.378 e. The van der Waals surface area contributed by atoms with Crippen LogP contribution in [0.25, 0.3) is 0 Å². The highest BCUT2D eigenvalue weighted by molar-refractivity contribution is 6.07. The van der Waals surface area contributed by atoms with Gasteiger partial charge in [0.15, 0.2) is 0 Å². The van der Waals surface area contributed by atoms with Gasteiger partial charge in [-0.15, -0.1) is 0 Å². The van der Waals surface area contributed by atoms with Gasteiger partial charge in [0.1, 0.15) is 0 Å². The summed E-state index contributed by atoms with van der Waals surface area (Å²) in [5.41, 5.74) is 2.56. The van der Waals surface area contributed by atoms with E-state index >= 15 is 0 Å². The molecule has 3 fully saturated rings. The van der Waals surface area contributed by atoms with Crippen molar-refractivity contribution in [1.82, 2.24) is 20.0 Å². The molecule has 4 amide bonds. The Bertz CT molecular complexity index is 1120.